The Kier molecular flexibility index (Phi) is 62.6. The number of ether oxygens (including phenoxy) is 3. The molecule has 0 radical (unpaired) electrons. The molecule has 0 saturated carbocycles. The predicted molar refractivity (Wildman–Crippen MR) is 330 cm³/mol. The Morgan fingerprint density at radius 2 is 0.513 bits per heavy atom. The van der Waals surface area contributed by atoms with Crippen LogP contribution in [0.15, 0.2) is 48.6 Å². The van der Waals surface area contributed by atoms with Gasteiger partial charge in [-0.2, -0.15) is 0 Å². The molecule has 6 heteroatoms. The van der Waals surface area contributed by atoms with Crippen LogP contribution in [0.5, 0.6) is 0 Å². The normalized spacial score (nSPS) is 12.3. The van der Waals surface area contributed by atoms with Crippen LogP contribution in [0, 0.1) is 0 Å². The molecule has 0 aromatic rings. The number of carbonyl (C=O) groups excluding carboxylic acids is 3. The molecule has 0 aliphatic heterocycles. The van der Waals surface area contributed by atoms with Gasteiger partial charge in [0.1, 0.15) is 13.2 Å². The van der Waals surface area contributed by atoms with Crippen LogP contribution in [0.4, 0.5) is 0 Å². The summed E-state index contributed by atoms with van der Waals surface area (Å²) in [5, 5.41) is 0. The second-order valence-corrected chi connectivity index (χ2v) is 22.7. The fraction of sp³-hybridized carbons (Fsp3) is 0.843. The summed E-state index contributed by atoms with van der Waals surface area (Å²) in [5.41, 5.74) is 0. The van der Waals surface area contributed by atoms with Crippen LogP contribution < -0.4 is 0 Å². The van der Waals surface area contributed by atoms with Gasteiger partial charge in [0, 0.05) is 19.3 Å². The topological polar surface area (TPSA) is 78.9 Å². The number of unbranched alkanes of at least 4 members (excludes halogenated alkanes) is 43. The zero-order chi connectivity index (χ0) is 55.0. The van der Waals surface area contributed by atoms with Crippen molar-refractivity contribution in [2.75, 3.05) is 13.2 Å². The first-order valence-electron chi connectivity index (χ1n) is 33.6. The van der Waals surface area contributed by atoms with Gasteiger partial charge in [-0.3, -0.25) is 14.4 Å². The van der Waals surface area contributed by atoms with Crippen molar-refractivity contribution < 1.29 is 28.6 Å². The molecule has 0 saturated heterocycles. The first-order chi connectivity index (χ1) is 37.5. The summed E-state index contributed by atoms with van der Waals surface area (Å²) in [4.78, 5) is 38.4. The average molecular weight is 1070 g/mol. The molecule has 0 fully saturated rings. The third-order valence-corrected chi connectivity index (χ3v) is 15.1. The quantitative estimate of drug-likeness (QED) is 0.0261. The number of hydrogen-bond acceptors (Lipinski definition) is 6. The number of rotatable bonds is 62. The third kappa shape index (κ3) is 62.2. The highest BCUT2D eigenvalue weighted by Gasteiger charge is 2.19. The van der Waals surface area contributed by atoms with Gasteiger partial charge in [-0.15, -0.1) is 0 Å². The van der Waals surface area contributed by atoms with E-state index in [0.717, 1.165) is 83.5 Å². The third-order valence-electron chi connectivity index (χ3n) is 15.1. The van der Waals surface area contributed by atoms with E-state index in [0.29, 0.717) is 19.3 Å². The lowest BCUT2D eigenvalue weighted by Crippen LogP contribution is -2.30. The summed E-state index contributed by atoms with van der Waals surface area (Å²) in [6.07, 6.45) is 81.3. The average Bonchev–Trinajstić information content (AvgIpc) is 3.42. The van der Waals surface area contributed by atoms with Crippen LogP contribution in [-0.2, 0) is 28.6 Å². The molecule has 0 aliphatic rings. The van der Waals surface area contributed by atoms with Crippen molar-refractivity contribution in [2.45, 2.75) is 367 Å². The van der Waals surface area contributed by atoms with Gasteiger partial charge in [-0.1, -0.05) is 313 Å². The van der Waals surface area contributed by atoms with E-state index in [1.807, 2.05) is 0 Å². The Bertz CT molecular complexity index is 1310. The molecule has 0 aliphatic carbocycles. The Balaban J connectivity index is 4.29. The summed E-state index contributed by atoms with van der Waals surface area (Å²) in [6.45, 7) is 6.58. The van der Waals surface area contributed by atoms with Gasteiger partial charge in [-0.25, -0.2) is 0 Å². The van der Waals surface area contributed by atoms with E-state index in [2.05, 4.69) is 69.4 Å². The van der Waals surface area contributed by atoms with E-state index in [1.54, 1.807) is 0 Å². The van der Waals surface area contributed by atoms with Crippen molar-refractivity contribution in [1.29, 1.82) is 0 Å². The summed E-state index contributed by atoms with van der Waals surface area (Å²) in [6, 6.07) is 0. The predicted octanol–water partition coefficient (Wildman–Crippen LogP) is 22.9. The molecular formula is C70H128O6. The highest BCUT2D eigenvalue weighted by atomic mass is 16.6. The zero-order valence-corrected chi connectivity index (χ0v) is 51.0. The van der Waals surface area contributed by atoms with Crippen molar-refractivity contribution in [2.24, 2.45) is 0 Å². The van der Waals surface area contributed by atoms with Crippen molar-refractivity contribution >= 4 is 17.9 Å². The van der Waals surface area contributed by atoms with Crippen molar-refractivity contribution in [3.8, 4) is 0 Å². The number of allylic oxidation sites excluding steroid dienone is 8. The molecule has 1 atom stereocenters. The zero-order valence-electron chi connectivity index (χ0n) is 51.0. The Labute approximate surface area is 473 Å². The SMILES string of the molecule is CC/C=C\C/C=C\C/C=C\CCCCCCCCCC(=O)OC(COC(=O)CCCCCCCCC/C=C\CCCCCCCC)COC(=O)CCCCCCCCCCCCCCCCCCCCCCCCCC. The minimum atomic E-state index is -0.780. The lowest BCUT2D eigenvalue weighted by atomic mass is 10.0. The molecule has 0 amide bonds. The molecular weight excluding hydrogens is 937 g/mol. The molecule has 444 valence electrons. The Hall–Kier alpha value is -2.63. The van der Waals surface area contributed by atoms with E-state index in [4.69, 9.17) is 14.2 Å². The van der Waals surface area contributed by atoms with Gasteiger partial charge in [0.2, 0.25) is 0 Å². The monoisotopic (exact) mass is 1060 g/mol. The molecule has 0 rings (SSSR count). The first-order valence-corrected chi connectivity index (χ1v) is 33.6. The first kappa shape index (κ1) is 73.4. The summed E-state index contributed by atoms with van der Waals surface area (Å²) in [5.74, 6) is -0.866. The molecule has 0 aromatic heterocycles. The lowest BCUT2D eigenvalue weighted by molar-refractivity contribution is -0.167. The van der Waals surface area contributed by atoms with E-state index in [1.165, 1.54) is 238 Å². The van der Waals surface area contributed by atoms with Crippen molar-refractivity contribution in [1.82, 2.24) is 0 Å². The largest absolute Gasteiger partial charge is 0.462 e. The van der Waals surface area contributed by atoms with Crippen molar-refractivity contribution in [3.05, 3.63) is 48.6 Å². The molecule has 0 heterocycles. The Morgan fingerprint density at radius 1 is 0.276 bits per heavy atom. The van der Waals surface area contributed by atoms with Crippen molar-refractivity contribution in [3.63, 3.8) is 0 Å². The Morgan fingerprint density at radius 3 is 0.816 bits per heavy atom. The number of esters is 3. The molecule has 76 heavy (non-hydrogen) atoms. The fourth-order valence-electron chi connectivity index (χ4n) is 10.0. The summed E-state index contributed by atoms with van der Waals surface area (Å²) < 4.78 is 17.0. The number of carbonyl (C=O) groups is 3. The van der Waals surface area contributed by atoms with E-state index in [9.17, 15) is 14.4 Å². The minimum Gasteiger partial charge on any atom is -0.462 e. The van der Waals surface area contributed by atoms with E-state index >= 15 is 0 Å². The summed E-state index contributed by atoms with van der Waals surface area (Å²) in [7, 11) is 0. The highest BCUT2D eigenvalue weighted by molar-refractivity contribution is 5.71. The van der Waals surface area contributed by atoms with Crippen LogP contribution >= 0.6 is 0 Å². The summed E-state index contributed by atoms with van der Waals surface area (Å²) >= 11 is 0. The van der Waals surface area contributed by atoms with Crippen LogP contribution in [-0.4, -0.2) is 37.2 Å². The lowest BCUT2D eigenvalue weighted by Gasteiger charge is -2.18. The van der Waals surface area contributed by atoms with Gasteiger partial charge >= 0.3 is 17.9 Å². The molecule has 0 spiro atoms. The van der Waals surface area contributed by atoms with Crippen LogP contribution in [0.25, 0.3) is 0 Å². The van der Waals surface area contributed by atoms with E-state index < -0.39 is 6.10 Å². The van der Waals surface area contributed by atoms with Crippen LogP contribution in [0.2, 0.25) is 0 Å². The van der Waals surface area contributed by atoms with Gasteiger partial charge in [0.15, 0.2) is 6.10 Å². The minimum absolute atomic E-state index is 0.0747. The van der Waals surface area contributed by atoms with Gasteiger partial charge in [-0.05, 0) is 77.0 Å². The molecule has 1 unspecified atom stereocenters. The molecule has 0 aromatic carbocycles. The fourth-order valence-corrected chi connectivity index (χ4v) is 10.0. The second kappa shape index (κ2) is 64.9. The molecule has 0 bridgehead atoms. The van der Waals surface area contributed by atoms with Gasteiger partial charge in [0.25, 0.3) is 0 Å². The molecule has 6 nitrogen and oxygen atoms in total. The van der Waals surface area contributed by atoms with E-state index in [-0.39, 0.29) is 31.1 Å². The smallest absolute Gasteiger partial charge is 0.306 e. The highest BCUT2D eigenvalue weighted by Crippen LogP contribution is 2.18. The maximum Gasteiger partial charge on any atom is 0.306 e. The standard InChI is InChI=1S/C70H128O6/c1-4-7-10-13-16-19-22-25-28-31-32-33-34-35-36-37-40-42-45-48-51-54-57-60-63-69(72)75-66-67(76-70(73)64-61-58-55-52-49-46-43-39-30-27-24-21-18-15-12-9-6-3)65-74-68(71)62-59-56-53-50-47-44-41-38-29-26-23-20-17-14-11-8-5-2/h9,12,18,21,26-27,29-30,67H,4-8,10-11,13-17,19-20,22-25,28,31-66H2,1-3H3/b12-9-,21-18-,29-26-,30-27-. The maximum absolute atomic E-state index is 12.9. The van der Waals surface area contributed by atoms with Gasteiger partial charge < -0.3 is 14.2 Å². The second-order valence-electron chi connectivity index (χ2n) is 22.7. The van der Waals surface area contributed by atoms with Gasteiger partial charge in [0.05, 0.1) is 0 Å². The van der Waals surface area contributed by atoms with Crippen LogP contribution in [0.3, 0.4) is 0 Å². The number of hydrogen-bond donors (Lipinski definition) is 0. The molecule has 0 N–H and O–H groups in total. The maximum atomic E-state index is 12.9. The van der Waals surface area contributed by atoms with Crippen LogP contribution in [0.1, 0.15) is 361 Å².